The van der Waals surface area contributed by atoms with E-state index < -0.39 is 0 Å². The minimum atomic E-state index is -0.385. The van der Waals surface area contributed by atoms with E-state index >= 15 is 0 Å². The molecular formula is C10H11FN2O2. The van der Waals surface area contributed by atoms with Crippen LogP contribution in [0.1, 0.15) is 0 Å². The van der Waals surface area contributed by atoms with Crippen LogP contribution in [0.5, 0.6) is 5.75 Å². The van der Waals surface area contributed by atoms with E-state index in [1.165, 1.54) is 6.07 Å². The third-order valence-electron chi connectivity index (χ3n) is 2.00. The molecule has 1 unspecified atom stereocenters. The average Bonchev–Trinajstić information content (AvgIpc) is 2.63. The second-order valence-corrected chi connectivity index (χ2v) is 3.16. The Balaban J connectivity index is 1.86. The van der Waals surface area contributed by atoms with Crippen LogP contribution in [0.2, 0.25) is 0 Å². The molecule has 1 aliphatic rings. The molecule has 80 valence electrons. The van der Waals surface area contributed by atoms with Crippen LogP contribution < -0.4 is 10.5 Å². The summed E-state index contributed by atoms with van der Waals surface area (Å²) in [6.45, 7) is 0.700. The van der Waals surface area contributed by atoms with Gasteiger partial charge in [0.15, 0.2) is 17.7 Å². The number of amidine groups is 1. The fourth-order valence-corrected chi connectivity index (χ4v) is 1.27. The van der Waals surface area contributed by atoms with E-state index in [0.29, 0.717) is 6.54 Å². The van der Waals surface area contributed by atoms with Gasteiger partial charge in [0.25, 0.3) is 6.02 Å². The number of aliphatic imine (C=N–C) groups is 1. The van der Waals surface area contributed by atoms with Gasteiger partial charge in [-0.25, -0.2) is 9.38 Å². The van der Waals surface area contributed by atoms with Crippen LogP contribution in [0, 0.1) is 5.82 Å². The van der Waals surface area contributed by atoms with Gasteiger partial charge in [0, 0.05) is 0 Å². The predicted molar refractivity (Wildman–Crippen MR) is 53.3 cm³/mol. The third kappa shape index (κ3) is 2.37. The maximum absolute atomic E-state index is 13.1. The van der Waals surface area contributed by atoms with Crippen LogP contribution in [0.3, 0.4) is 0 Å². The first kappa shape index (κ1) is 9.76. The van der Waals surface area contributed by atoms with Crippen molar-refractivity contribution in [1.82, 2.24) is 0 Å². The molecule has 0 bridgehead atoms. The Morgan fingerprint density at radius 2 is 2.33 bits per heavy atom. The lowest BCUT2D eigenvalue weighted by molar-refractivity contribution is 0.138. The number of hydrogen-bond donors (Lipinski definition) is 1. The van der Waals surface area contributed by atoms with Gasteiger partial charge in [-0.15, -0.1) is 0 Å². The number of ether oxygens (including phenoxy) is 2. The molecule has 0 fully saturated rings. The number of para-hydroxylation sites is 1. The fraction of sp³-hybridized carbons (Fsp3) is 0.300. The second-order valence-electron chi connectivity index (χ2n) is 3.16. The van der Waals surface area contributed by atoms with E-state index in [1.54, 1.807) is 18.2 Å². The van der Waals surface area contributed by atoms with Gasteiger partial charge in [0.1, 0.15) is 6.61 Å². The highest BCUT2D eigenvalue weighted by Gasteiger charge is 2.18. The average molecular weight is 210 g/mol. The van der Waals surface area contributed by atoms with Crippen LogP contribution in [0.4, 0.5) is 4.39 Å². The van der Waals surface area contributed by atoms with Crippen molar-refractivity contribution in [3.8, 4) is 5.75 Å². The maximum Gasteiger partial charge on any atom is 0.282 e. The van der Waals surface area contributed by atoms with Gasteiger partial charge < -0.3 is 15.2 Å². The minimum absolute atomic E-state index is 0.164. The monoisotopic (exact) mass is 210 g/mol. The molecule has 0 aromatic heterocycles. The zero-order valence-corrected chi connectivity index (χ0v) is 8.02. The summed E-state index contributed by atoms with van der Waals surface area (Å²) in [5, 5.41) is 0. The molecule has 1 heterocycles. The van der Waals surface area contributed by atoms with E-state index in [9.17, 15) is 4.39 Å². The van der Waals surface area contributed by atoms with E-state index in [4.69, 9.17) is 15.2 Å². The largest absolute Gasteiger partial charge is 0.487 e. The van der Waals surface area contributed by atoms with Crippen molar-refractivity contribution < 1.29 is 13.9 Å². The van der Waals surface area contributed by atoms with E-state index in [-0.39, 0.29) is 30.3 Å². The Morgan fingerprint density at radius 1 is 1.53 bits per heavy atom. The highest BCUT2D eigenvalue weighted by molar-refractivity contribution is 5.72. The first-order valence-electron chi connectivity index (χ1n) is 4.59. The Morgan fingerprint density at radius 3 is 3.00 bits per heavy atom. The van der Waals surface area contributed by atoms with Crippen molar-refractivity contribution >= 4 is 6.02 Å². The number of halogens is 1. The first-order valence-corrected chi connectivity index (χ1v) is 4.59. The highest BCUT2D eigenvalue weighted by atomic mass is 19.1. The topological polar surface area (TPSA) is 56.8 Å². The van der Waals surface area contributed by atoms with E-state index in [2.05, 4.69) is 4.99 Å². The molecule has 1 aliphatic heterocycles. The van der Waals surface area contributed by atoms with Gasteiger partial charge in [-0.05, 0) is 12.1 Å². The number of benzene rings is 1. The highest BCUT2D eigenvalue weighted by Crippen LogP contribution is 2.16. The molecular weight excluding hydrogens is 199 g/mol. The van der Waals surface area contributed by atoms with Crippen molar-refractivity contribution in [2.75, 3.05) is 13.2 Å². The normalized spacial score (nSPS) is 19.5. The molecule has 0 amide bonds. The zero-order valence-electron chi connectivity index (χ0n) is 8.02. The number of nitrogens with zero attached hydrogens (tertiary/aromatic N) is 1. The van der Waals surface area contributed by atoms with Gasteiger partial charge in [0.05, 0.1) is 6.54 Å². The Bertz CT molecular complexity index is 381. The zero-order chi connectivity index (χ0) is 10.7. The molecule has 1 aromatic carbocycles. The van der Waals surface area contributed by atoms with Crippen LogP contribution in [-0.4, -0.2) is 25.3 Å². The van der Waals surface area contributed by atoms with Crippen LogP contribution in [-0.2, 0) is 4.74 Å². The molecule has 0 radical (unpaired) electrons. The van der Waals surface area contributed by atoms with E-state index in [0.717, 1.165) is 0 Å². The molecule has 0 saturated carbocycles. The van der Waals surface area contributed by atoms with Crippen LogP contribution >= 0.6 is 0 Å². The minimum Gasteiger partial charge on any atom is -0.487 e. The molecule has 2 N–H and O–H groups in total. The second kappa shape index (κ2) is 4.16. The van der Waals surface area contributed by atoms with Gasteiger partial charge in [0.2, 0.25) is 0 Å². The standard InChI is InChI=1S/C10H11FN2O2/c11-8-3-1-2-4-9(8)14-6-7-5-13-10(12)15-7/h1-4,7H,5-6H2,(H2,12,13). The Labute approximate surface area is 86.5 Å². The summed E-state index contributed by atoms with van der Waals surface area (Å²) in [5.41, 5.74) is 5.32. The summed E-state index contributed by atoms with van der Waals surface area (Å²) < 4.78 is 23.5. The predicted octanol–water partition coefficient (Wildman–Crippen LogP) is 0.918. The van der Waals surface area contributed by atoms with Crippen molar-refractivity contribution in [1.29, 1.82) is 0 Å². The molecule has 0 spiro atoms. The lowest BCUT2D eigenvalue weighted by Crippen LogP contribution is -2.24. The summed E-state index contributed by atoms with van der Waals surface area (Å²) in [6.07, 6.45) is -0.218. The van der Waals surface area contributed by atoms with Crippen LogP contribution in [0.15, 0.2) is 29.3 Å². The lowest BCUT2D eigenvalue weighted by Gasteiger charge is -2.11. The summed E-state index contributed by atoms with van der Waals surface area (Å²) in [7, 11) is 0. The molecule has 0 aliphatic carbocycles. The Kier molecular flexibility index (Phi) is 2.71. The first-order chi connectivity index (χ1) is 7.25. The number of rotatable bonds is 3. The summed E-state index contributed by atoms with van der Waals surface area (Å²) in [6, 6.07) is 6.38. The van der Waals surface area contributed by atoms with E-state index in [1.807, 2.05) is 0 Å². The Hall–Kier alpha value is -1.78. The number of nitrogens with two attached hydrogens (primary N) is 1. The van der Waals surface area contributed by atoms with Gasteiger partial charge in [-0.2, -0.15) is 0 Å². The van der Waals surface area contributed by atoms with Crippen molar-refractivity contribution in [3.63, 3.8) is 0 Å². The maximum atomic E-state index is 13.1. The summed E-state index contributed by atoms with van der Waals surface area (Å²) >= 11 is 0. The lowest BCUT2D eigenvalue weighted by atomic mass is 10.3. The molecule has 0 saturated heterocycles. The van der Waals surface area contributed by atoms with Crippen molar-refractivity contribution in [2.45, 2.75) is 6.10 Å². The molecule has 15 heavy (non-hydrogen) atoms. The van der Waals surface area contributed by atoms with Crippen molar-refractivity contribution in [3.05, 3.63) is 30.1 Å². The van der Waals surface area contributed by atoms with Gasteiger partial charge in [-0.3, -0.25) is 0 Å². The molecule has 1 atom stereocenters. The van der Waals surface area contributed by atoms with Crippen LogP contribution in [0.25, 0.3) is 0 Å². The number of hydrogen-bond acceptors (Lipinski definition) is 4. The smallest absolute Gasteiger partial charge is 0.282 e. The SMILES string of the molecule is NC1=NCC(COc2ccccc2F)O1. The third-order valence-corrected chi connectivity index (χ3v) is 2.00. The van der Waals surface area contributed by atoms with Gasteiger partial charge >= 0.3 is 0 Å². The summed E-state index contributed by atoms with van der Waals surface area (Å²) in [5.74, 6) is -0.170. The molecule has 1 aromatic rings. The molecule has 5 heteroatoms. The van der Waals surface area contributed by atoms with Crippen molar-refractivity contribution in [2.24, 2.45) is 10.7 Å². The molecule has 4 nitrogen and oxygen atoms in total. The van der Waals surface area contributed by atoms with Gasteiger partial charge in [-0.1, -0.05) is 12.1 Å². The fourth-order valence-electron chi connectivity index (χ4n) is 1.27. The molecule has 2 rings (SSSR count). The summed E-state index contributed by atoms with van der Waals surface area (Å²) in [4.78, 5) is 3.85. The quantitative estimate of drug-likeness (QED) is 0.807.